The van der Waals surface area contributed by atoms with Crippen molar-refractivity contribution in [2.75, 3.05) is 0 Å². The molecule has 2 nitrogen and oxygen atoms in total. The summed E-state index contributed by atoms with van der Waals surface area (Å²) in [7, 11) is -0.709. The van der Waals surface area contributed by atoms with E-state index in [-0.39, 0.29) is 0 Å². The fraction of sp³-hybridized carbons (Fsp3) is 0.0357. The van der Waals surface area contributed by atoms with Crippen LogP contribution < -0.4 is 15.9 Å². The van der Waals surface area contributed by atoms with E-state index < -0.39 is 7.92 Å². The van der Waals surface area contributed by atoms with E-state index in [4.69, 9.17) is 5.10 Å². The topological polar surface area (TPSA) is 17.8 Å². The van der Waals surface area contributed by atoms with Crippen molar-refractivity contribution >= 4 is 23.8 Å². The van der Waals surface area contributed by atoms with Gasteiger partial charge >= 0.3 is 0 Å². The maximum absolute atomic E-state index is 5.01. The maximum Gasteiger partial charge on any atom is 0.0930 e. The van der Waals surface area contributed by atoms with E-state index in [1.54, 1.807) is 0 Å². The second kappa shape index (κ2) is 8.71. The number of benzene rings is 4. The molecular weight excluding hydrogens is 395 g/mol. The van der Waals surface area contributed by atoms with Crippen LogP contribution in [0, 0.1) is 6.92 Å². The summed E-state index contributed by atoms with van der Waals surface area (Å²) in [6.45, 7) is 2.13. The highest BCUT2D eigenvalue weighted by atomic mass is 31.1. The minimum Gasteiger partial charge on any atom is -0.237 e. The highest BCUT2D eigenvalue weighted by Crippen LogP contribution is 2.35. The Bertz CT molecular complexity index is 1240. The molecule has 1 heterocycles. The van der Waals surface area contributed by atoms with Gasteiger partial charge < -0.3 is 0 Å². The molecule has 0 aliphatic heterocycles. The second-order valence-corrected chi connectivity index (χ2v) is 9.63. The van der Waals surface area contributed by atoms with Crippen LogP contribution in [0.1, 0.15) is 5.69 Å². The smallest absolute Gasteiger partial charge is 0.0930 e. The lowest BCUT2D eigenvalue weighted by Crippen LogP contribution is -2.24. The van der Waals surface area contributed by atoms with Gasteiger partial charge in [0.1, 0.15) is 0 Å². The molecule has 0 saturated carbocycles. The van der Waals surface area contributed by atoms with Gasteiger partial charge in [-0.15, -0.1) is 0 Å². The molecule has 0 spiro atoms. The fourth-order valence-corrected chi connectivity index (χ4v) is 6.31. The Balaban J connectivity index is 1.68. The zero-order chi connectivity index (χ0) is 21.0. The molecule has 3 heteroatoms. The molecule has 1 aromatic heterocycles. The SMILES string of the molecule is Cc1cc(-c2ccccc2)nn1-c1ccccc1P(c1ccccc1)c1ccccc1. The van der Waals surface area contributed by atoms with Gasteiger partial charge in [-0.25, -0.2) is 4.68 Å². The summed E-state index contributed by atoms with van der Waals surface area (Å²) in [6.07, 6.45) is 0. The predicted octanol–water partition coefficient (Wildman–Crippen LogP) is 5.61. The monoisotopic (exact) mass is 418 g/mol. The van der Waals surface area contributed by atoms with Crippen LogP contribution in [0.4, 0.5) is 0 Å². The normalized spacial score (nSPS) is 11.0. The molecule has 31 heavy (non-hydrogen) atoms. The van der Waals surface area contributed by atoms with Gasteiger partial charge in [0.05, 0.1) is 11.4 Å². The first-order chi connectivity index (χ1) is 15.3. The molecule has 0 N–H and O–H groups in total. The van der Waals surface area contributed by atoms with Crippen molar-refractivity contribution in [3.8, 4) is 16.9 Å². The van der Waals surface area contributed by atoms with Gasteiger partial charge in [0, 0.05) is 16.6 Å². The quantitative estimate of drug-likeness (QED) is 0.340. The lowest BCUT2D eigenvalue weighted by molar-refractivity contribution is 0.855. The van der Waals surface area contributed by atoms with Crippen molar-refractivity contribution in [3.63, 3.8) is 0 Å². The van der Waals surface area contributed by atoms with Gasteiger partial charge in [0.2, 0.25) is 0 Å². The van der Waals surface area contributed by atoms with Crippen molar-refractivity contribution in [1.29, 1.82) is 0 Å². The lowest BCUT2D eigenvalue weighted by atomic mass is 10.1. The van der Waals surface area contributed by atoms with E-state index in [9.17, 15) is 0 Å². The molecular formula is C28H23N2P. The molecule has 0 aliphatic rings. The maximum atomic E-state index is 5.01. The number of hydrogen-bond acceptors (Lipinski definition) is 1. The molecule has 4 aromatic carbocycles. The average Bonchev–Trinajstić information content (AvgIpc) is 3.23. The number of aromatic nitrogens is 2. The van der Waals surface area contributed by atoms with Crippen LogP contribution in [0.15, 0.2) is 121 Å². The first-order valence-corrected chi connectivity index (χ1v) is 11.8. The first-order valence-electron chi connectivity index (χ1n) is 10.4. The summed E-state index contributed by atoms with van der Waals surface area (Å²) in [5.41, 5.74) is 4.40. The van der Waals surface area contributed by atoms with Gasteiger partial charge in [-0.05, 0) is 37.6 Å². The van der Waals surface area contributed by atoms with Crippen molar-refractivity contribution in [1.82, 2.24) is 9.78 Å². The molecule has 150 valence electrons. The number of aryl methyl sites for hydroxylation is 1. The van der Waals surface area contributed by atoms with E-state index in [0.717, 1.165) is 22.6 Å². The highest BCUT2D eigenvalue weighted by Gasteiger charge is 2.21. The number of rotatable bonds is 5. The summed E-state index contributed by atoms with van der Waals surface area (Å²) < 4.78 is 2.10. The van der Waals surface area contributed by atoms with Crippen molar-refractivity contribution in [2.24, 2.45) is 0 Å². The molecule has 0 aliphatic carbocycles. The van der Waals surface area contributed by atoms with Gasteiger partial charge in [-0.2, -0.15) is 5.10 Å². The van der Waals surface area contributed by atoms with Crippen LogP contribution in [0.3, 0.4) is 0 Å². The molecule has 5 rings (SSSR count). The molecule has 0 bridgehead atoms. The number of para-hydroxylation sites is 1. The van der Waals surface area contributed by atoms with Crippen molar-refractivity contribution in [2.45, 2.75) is 6.92 Å². The lowest BCUT2D eigenvalue weighted by Gasteiger charge is -2.22. The molecule has 0 unspecified atom stereocenters. The standard InChI is InChI=1S/C28H23N2P/c1-22-21-26(23-13-5-2-6-14-23)29-30(22)27-19-11-12-20-28(27)31(24-15-7-3-8-16-24)25-17-9-4-10-18-25/h2-21H,1H3. The molecule has 0 radical (unpaired) electrons. The summed E-state index contributed by atoms with van der Waals surface area (Å²) in [5, 5.41) is 8.99. The molecule has 5 aromatic rings. The Morgan fingerprint density at radius 2 is 1.13 bits per heavy atom. The van der Waals surface area contributed by atoms with Crippen LogP contribution in [-0.2, 0) is 0 Å². The van der Waals surface area contributed by atoms with Crippen LogP contribution in [-0.4, -0.2) is 9.78 Å². The molecule has 0 saturated heterocycles. The Labute approximate surface area is 184 Å². The van der Waals surface area contributed by atoms with Crippen molar-refractivity contribution in [3.05, 3.63) is 127 Å². The second-order valence-electron chi connectivity index (χ2n) is 7.44. The van der Waals surface area contributed by atoms with E-state index >= 15 is 0 Å². The number of hydrogen-bond donors (Lipinski definition) is 0. The largest absolute Gasteiger partial charge is 0.237 e. The van der Waals surface area contributed by atoms with Crippen LogP contribution >= 0.6 is 7.92 Å². The van der Waals surface area contributed by atoms with Crippen LogP contribution in [0.2, 0.25) is 0 Å². The fourth-order valence-electron chi connectivity index (χ4n) is 3.88. The molecule has 0 atom stereocenters. The third-order valence-electron chi connectivity index (χ3n) is 5.34. The Morgan fingerprint density at radius 3 is 1.74 bits per heavy atom. The third kappa shape index (κ3) is 3.95. The summed E-state index contributed by atoms with van der Waals surface area (Å²) in [5.74, 6) is 0. The van der Waals surface area contributed by atoms with E-state index in [0.29, 0.717) is 0 Å². The minimum absolute atomic E-state index is 0.709. The van der Waals surface area contributed by atoms with Crippen LogP contribution in [0.5, 0.6) is 0 Å². The first kappa shape index (κ1) is 19.5. The average molecular weight is 418 g/mol. The Hall–Kier alpha value is -3.48. The Kier molecular flexibility index (Phi) is 5.48. The van der Waals surface area contributed by atoms with Crippen molar-refractivity contribution < 1.29 is 0 Å². The Morgan fingerprint density at radius 1 is 0.613 bits per heavy atom. The van der Waals surface area contributed by atoms with Gasteiger partial charge in [-0.1, -0.05) is 109 Å². The predicted molar refractivity (Wildman–Crippen MR) is 132 cm³/mol. The third-order valence-corrected chi connectivity index (χ3v) is 7.83. The van der Waals surface area contributed by atoms with E-state index in [2.05, 4.69) is 127 Å². The number of nitrogens with zero attached hydrogens (tertiary/aromatic N) is 2. The zero-order valence-corrected chi connectivity index (χ0v) is 18.3. The summed E-state index contributed by atoms with van der Waals surface area (Å²) in [6, 6.07) is 42.8. The summed E-state index contributed by atoms with van der Waals surface area (Å²) >= 11 is 0. The minimum atomic E-state index is -0.709. The van der Waals surface area contributed by atoms with Gasteiger partial charge in [-0.3, -0.25) is 0 Å². The zero-order valence-electron chi connectivity index (χ0n) is 17.4. The van der Waals surface area contributed by atoms with E-state index in [1.807, 2.05) is 6.07 Å². The van der Waals surface area contributed by atoms with Crippen LogP contribution in [0.25, 0.3) is 16.9 Å². The van der Waals surface area contributed by atoms with E-state index in [1.165, 1.54) is 15.9 Å². The molecule has 0 amide bonds. The summed E-state index contributed by atoms with van der Waals surface area (Å²) in [4.78, 5) is 0. The molecule has 0 fully saturated rings. The van der Waals surface area contributed by atoms with Gasteiger partial charge in [0.15, 0.2) is 0 Å². The highest BCUT2D eigenvalue weighted by molar-refractivity contribution is 7.80. The van der Waals surface area contributed by atoms with Gasteiger partial charge in [0.25, 0.3) is 0 Å².